The standard InChI is InChI=1S/C19H36N4O/c1-15(16-6-5-11-20-14-16)21-19(24)22-17-9-12-23(13-10-17)18-7-3-2-4-8-18/h15-18,20H,2-14H2,1H3,(H2,21,22,24). The van der Waals surface area contributed by atoms with E-state index in [-0.39, 0.29) is 12.1 Å². The van der Waals surface area contributed by atoms with Crippen LogP contribution in [0.2, 0.25) is 0 Å². The van der Waals surface area contributed by atoms with E-state index in [0.717, 1.165) is 45.1 Å². The summed E-state index contributed by atoms with van der Waals surface area (Å²) < 4.78 is 0. The highest BCUT2D eigenvalue weighted by molar-refractivity contribution is 5.74. The maximum atomic E-state index is 12.3. The first-order valence-electron chi connectivity index (χ1n) is 10.2. The Hall–Kier alpha value is -0.810. The van der Waals surface area contributed by atoms with E-state index in [1.165, 1.54) is 44.9 Å². The number of piperidine rings is 2. The summed E-state index contributed by atoms with van der Waals surface area (Å²) in [6.07, 6.45) is 11.6. The van der Waals surface area contributed by atoms with Gasteiger partial charge in [0.05, 0.1) is 0 Å². The molecular weight excluding hydrogens is 300 g/mol. The van der Waals surface area contributed by atoms with Gasteiger partial charge in [-0.25, -0.2) is 4.79 Å². The Labute approximate surface area is 147 Å². The van der Waals surface area contributed by atoms with Gasteiger partial charge in [-0.15, -0.1) is 0 Å². The molecule has 5 heteroatoms. The van der Waals surface area contributed by atoms with E-state index in [0.29, 0.717) is 12.0 Å². The molecule has 0 aromatic rings. The van der Waals surface area contributed by atoms with Gasteiger partial charge in [-0.1, -0.05) is 19.3 Å². The normalized spacial score (nSPS) is 29.1. The fourth-order valence-corrected chi connectivity index (χ4v) is 4.71. The third-order valence-electron chi connectivity index (χ3n) is 6.36. The van der Waals surface area contributed by atoms with E-state index in [1.807, 2.05) is 0 Å². The predicted molar refractivity (Wildman–Crippen MR) is 98.2 cm³/mol. The van der Waals surface area contributed by atoms with Crippen molar-refractivity contribution in [3.05, 3.63) is 0 Å². The van der Waals surface area contributed by atoms with Crippen LogP contribution >= 0.6 is 0 Å². The predicted octanol–water partition coefficient (Wildman–Crippen LogP) is 2.47. The van der Waals surface area contributed by atoms with Crippen LogP contribution in [0.15, 0.2) is 0 Å². The van der Waals surface area contributed by atoms with Crippen molar-refractivity contribution in [2.75, 3.05) is 26.2 Å². The quantitative estimate of drug-likeness (QED) is 0.739. The van der Waals surface area contributed by atoms with Crippen LogP contribution in [0.5, 0.6) is 0 Å². The molecule has 2 saturated heterocycles. The van der Waals surface area contributed by atoms with E-state index < -0.39 is 0 Å². The number of nitrogens with one attached hydrogen (secondary N) is 3. The van der Waals surface area contributed by atoms with E-state index in [4.69, 9.17) is 0 Å². The Morgan fingerprint density at radius 3 is 2.46 bits per heavy atom. The molecule has 1 aliphatic carbocycles. The monoisotopic (exact) mass is 336 g/mol. The van der Waals surface area contributed by atoms with Gasteiger partial charge in [0.2, 0.25) is 0 Å². The SMILES string of the molecule is CC(NC(=O)NC1CCN(C2CCCCC2)CC1)C1CCCNC1. The topological polar surface area (TPSA) is 56.4 Å². The molecule has 3 rings (SSSR count). The highest BCUT2D eigenvalue weighted by Crippen LogP contribution is 2.25. The molecule has 3 aliphatic rings. The minimum atomic E-state index is 0.0317. The molecule has 0 radical (unpaired) electrons. The van der Waals surface area contributed by atoms with Crippen molar-refractivity contribution >= 4 is 6.03 Å². The Balaban J connectivity index is 1.35. The summed E-state index contributed by atoms with van der Waals surface area (Å²) in [6, 6.07) is 1.44. The van der Waals surface area contributed by atoms with Crippen molar-refractivity contribution in [1.82, 2.24) is 20.9 Å². The van der Waals surface area contributed by atoms with Crippen LogP contribution in [0.25, 0.3) is 0 Å². The second-order valence-electron chi connectivity index (χ2n) is 8.11. The maximum absolute atomic E-state index is 12.3. The second kappa shape index (κ2) is 9.04. The molecule has 2 unspecified atom stereocenters. The number of rotatable bonds is 4. The van der Waals surface area contributed by atoms with Crippen LogP contribution in [-0.2, 0) is 0 Å². The molecule has 3 fully saturated rings. The van der Waals surface area contributed by atoms with Gasteiger partial charge in [0, 0.05) is 31.2 Å². The molecule has 2 amide bonds. The molecule has 24 heavy (non-hydrogen) atoms. The summed E-state index contributed by atoms with van der Waals surface area (Å²) in [5.41, 5.74) is 0. The van der Waals surface area contributed by atoms with Crippen LogP contribution in [0, 0.1) is 5.92 Å². The lowest BCUT2D eigenvalue weighted by Gasteiger charge is -2.39. The van der Waals surface area contributed by atoms with Gasteiger partial charge in [-0.05, 0) is 64.5 Å². The molecule has 3 N–H and O–H groups in total. The lowest BCUT2D eigenvalue weighted by molar-refractivity contribution is 0.116. The first-order chi connectivity index (χ1) is 11.7. The van der Waals surface area contributed by atoms with Crippen LogP contribution in [0.1, 0.15) is 64.7 Å². The molecule has 0 aromatic carbocycles. The third-order valence-corrected chi connectivity index (χ3v) is 6.36. The molecule has 2 atom stereocenters. The zero-order valence-corrected chi connectivity index (χ0v) is 15.4. The summed E-state index contributed by atoms with van der Waals surface area (Å²) in [7, 11) is 0. The number of carbonyl (C=O) groups is 1. The number of hydrogen-bond donors (Lipinski definition) is 3. The molecule has 1 saturated carbocycles. The van der Waals surface area contributed by atoms with Crippen molar-refractivity contribution in [2.45, 2.75) is 82.8 Å². The van der Waals surface area contributed by atoms with Crippen molar-refractivity contribution in [3.8, 4) is 0 Å². The number of carbonyl (C=O) groups excluding carboxylic acids is 1. The van der Waals surface area contributed by atoms with Gasteiger partial charge < -0.3 is 20.9 Å². The Morgan fingerprint density at radius 1 is 1.04 bits per heavy atom. The molecule has 5 nitrogen and oxygen atoms in total. The fraction of sp³-hybridized carbons (Fsp3) is 0.947. The second-order valence-corrected chi connectivity index (χ2v) is 8.11. The molecule has 0 spiro atoms. The van der Waals surface area contributed by atoms with Gasteiger partial charge in [0.1, 0.15) is 0 Å². The molecule has 0 aromatic heterocycles. The molecule has 2 heterocycles. The van der Waals surface area contributed by atoms with E-state index >= 15 is 0 Å². The minimum absolute atomic E-state index is 0.0317. The highest BCUT2D eigenvalue weighted by Gasteiger charge is 2.27. The molecule has 2 aliphatic heterocycles. The Morgan fingerprint density at radius 2 is 1.79 bits per heavy atom. The van der Waals surface area contributed by atoms with Gasteiger partial charge in [0.25, 0.3) is 0 Å². The summed E-state index contributed by atoms with van der Waals surface area (Å²) in [5, 5.41) is 9.81. The summed E-state index contributed by atoms with van der Waals surface area (Å²) in [5.74, 6) is 0.567. The molecular formula is C19H36N4O. The average molecular weight is 337 g/mol. The first-order valence-corrected chi connectivity index (χ1v) is 10.2. The lowest BCUT2D eigenvalue weighted by atomic mass is 9.92. The van der Waals surface area contributed by atoms with Crippen LogP contribution < -0.4 is 16.0 Å². The number of nitrogens with zero attached hydrogens (tertiary/aromatic N) is 1. The number of urea groups is 1. The summed E-state index contributed by atoms with van der Waals surface area (Å²) in [4.78, 5) is 15.0. The average Bonchev–Trinajstić information content (AvgIpc) is 2.64. The van der Waals surface area contributed by atoms with E-state index in [1.54, 1.807) is 0 Å². The van der Waals surface area contributed by atoms with E-state index in [2.05, 4.69) is 27.8 Å². The van der Waals surface area contributed by atoms with Gasteiger partial charge in [0.15, 0.2) is 0 Å². The summed E-state index contributed by atoms with van der Waals surface area (Å²) in [6.45, 7) is 6.59. The van der Waals surface area contributed by atoms with E-state index in [9.17, 15) is 4.79 Å². The number of amides is 2. The van der Waals surface area contributed by atoms with Crippen LogP contribution in [0.3, 0.4) is 0 Å². The van der Waals surface area contributed by atoms with Crippen LogP contribution in [-0.4, -0.2) is 55.2 Å². The highest BCUT2D eigenvalue weighted by atomic mass is 16.2. The van der Waals surface area contributed by atoms with Crippen molar-refractivity contribution in [2.24, 2.45) is 5.92 Å². The van der Waals surface area contributed by atoms with Crippen LogP contribution in [0.4, 0.5) is 4.79 Å². The van der Waals surface area contributed by atoms with Crippen molar-refractivity contribution < 1.29 is 4.79 Å². The van der Waals surface area contributed by atoms with Crippen molar-refractivity contribution in [3.63, 3.8) is 0 Å². The minimum Gasteiger partial charge on any atom is -0.335 e. The zero-order chi connectivity index (χ0) is 16.8. The van der Waals surface area contributed by atoms with Crippen molar-refractivity contribution in [1.29, 1.82) is 0 Å². The Bertz CT molecular complexity index is 383. The molecule has 138 valence electrons. The Kier molecular flexibility index (Phi) is 6.78. The third kappa shape index (κ3) is 5.09. The van der Waals surface area contributed by atoms with Gasteiger partial charge >= 0.3 is 6.03 Å². The smallest absolute Gasteiger partial charge is 0.315 e. The lowest BCUT2D eigenvalue weighted by Crippen LogP contribution is -2.53. The number of likely N-dealkylation sites (tertiary alicyclic amines) is 1. The van der Waals surface area contributed by atoms with Gasteiger partial charge in [-0.3, -0.25) is 0 Å². The maximum Gasteiger partial charge on any atom is 0.315 e. The molecule has 0 bridgehead atoms. The fourth-order valence-electron chi connectivity index (χ4n) is 4.71. The van der Waals surface area contributed by atoms with Gasteiger partial charge in [-0.2, -0.15) is 0 Å². The largest absolute Gasteiger partial charge is 0.335 e. The number of hydrogen-bond acceptors (Lipinski definition) is 3. The first kappa shape index (κ1) is 18.0. The summed E-state index contributed by atoms with van der Waals surface area (Å²) >= 11 is 0. The zero-order valence-electron chi connectivity index (χ0n) is 15.4.